The highest BCUT2D eigenvalue weighted by Gasteiger charge is 2.26. The van der Waals surface area contributed by atoms with E-state index in [2.05, 4.69) is 0 Å². The molecule has 0 amide bonds. The van der Waals surface area contributed by atoms with Gasteiger partial charge in [-0.1, -0.05) is 6.07 Å². The number of piperidine rings is 1. The number of nitrogens with zero attached hydrogens (tertiary/aromatic N) is 3. The van der Waals surface area contributed by atoms with Gasteiger partial charge < -0.3 is 14.8 Å². The van der Waals surface area contributed by atoms with Gasteiger partial charge in [-0.05, 0) is 62.3 Å². The second kappa shape index (κ2) is 9.60. The maximum Gasteiger partial charge on any atom is 0.364 e. The van der Waals surface area contributed by atoms with Crippen LogP contribution in [0.5, 0.6) is 5.75 Å². The zero-order valence-electron chi connectivity index (χ0n) is 18.6. The van der Waals surface area contributed by atoms with E-state index in [0.29, 0.717) is 42.8 Å². The third kappa shape index (κ3) is 4.62. The Morgan fingerprint density at radius 3 is 2.38 bits per heavy atom. The van der Waals surface area contributed by atoms with Gasteiger partial charge in [0.2, 0.25) is 0 Å². The highest BCUT2D eigenvalue weighted by molar-refractivity contribution is 5.97. The molecule has 1 saturated heterocycles. The number of ether oxygens (including phenoxy) is 1. The van der Waals surface area contributed by atoms with Crippen molar-refractivity contribution in [3.63, 3.8) is 0 Å². The Bertz CT molecular complexity index is 1350. The molecule has 1 aliphatic heterocycles. The fourth-order valence-corrected chi connectivity index (χ4v) is 4.30. The summed E-state index contributed by atoms with van der Waals surface area (Å²) in [4.78, 5) is 51.8. The van der Waals surface area contributed by atoms with Crippen LogP contribution in [0.4, 0.5) is 4.39 Å². The number of carbonyl (C=O) groups is 2. The number of hydrogen-bond acceptors (Lipinski definition) is 7. The van der Waals surface area contributed by atoms with E-state index in [1.807, 2.05) is 4.90 Å². The van der Waals surface area contributed by atoms with E-state index in [4.69, 9.17) is 4.74 Å². The lowest BCUT2D eigenvalue weighted by Gasteiger charge is -2.31. The smallest absolute Gasteiger partial charge is 0.364 e. The first kappa shape index (κ1) is 23.4. The van der Waals surface area contributed by atoms with E-state index in [-0.39, 0.29) is 34.9 Å². The van der Waals surface area contributed by atoms with Gasteiger partial charge in [-0.15, -0.1) is 4.73 Å². The first-order valence-corrected chi connectivity index (χ1v) is 10.9. The summed E-state index contributed by atoms with van der Waals surface area (Å²) < 4.78 is 19.5. The Balaban J connectivity index is 1.47. The van der Waals surface area contributed by atoms with Crippen molar-refractivity contribution in [3.8, 4) is 5.75 Å². The minimum atomic E-state index is -0.890. The average molecular weight is 469 g/mol. The van der Waals surface area contributed by atoms with Gasteiger partial charge in [-0.25, -0.2) is 9.18 Å². The molecule has 0 saturated carbocycles. The van der Waals surface area contributed by atoms with E-state index in [1.165, 1.54) is 49.4 Å². The fraction of sp³-hybridized carbons (Fsp3) is 0.333. The molecule has 1 N–H and O–H groups in total. The van der Waals surface area contributed by atoms with Crippen LogP contribution in [0.1, 0.15) is 30.1 Å². The molecule has 4 rings (SSSR count). The summed E-state index contributed by atoms with van der Waals surface area (Å²) in [6, 6.07) is 9.78. The number of aromatic nitrogens is 2. The van der Waals surface area contributed by atoms with Gasteiger partial charge in [-0.2, -0.15) is 0 Å². The fourth-order valence-electron chi connectivity index (χ4n) is 4.30. The molecule has 3 aromatic rings. The zero-order valence-corrected chi connectivity index (χ0v) is 18.6. The number of ketones is 1. The first-order chi connectivity index (χ1) is 16.3. The van der Waals surface area contributed by atoms with Gasteiger partial charge >= 0.3 is 11.7 Å². The SMILES string of the molecule is CC(=O)Oc1cccc2c1c(=O)n(CCN1CCC(C(=O)c3ccc(F)cc3)CC1)c(=O)n2O. The highest BCUT2D eigenvalue weighted by Crippen LogP contribution is 2.23. The predicted octanol–water partition coefficient (Wildman–Crippen LogP) is 2.06. The van der Waals surface area contributed by atoms with E-state index in [1.54, 1.807) is 0 Å². The van der Waals surface area contributed by atoms with Crippen LogP contribution in [0.3, 0.4) is 0 Å². The lowest BCUT2D eigenvalue weighted by atomic mass is 9.89. The molecule has 0 unspecified atom stereocenters. The highest BCUT2D eigenvalue weighted by atomic mass is 19.1. The molecule has 0 aliphatic carbocycles. The van der Waals surface area contributed by atoms with Crippen LogP contribution in [0.2, 0.25) is 0 Å². The number of Topliss-reactive ketones (excluding diaryl/α,β-unsaturated/α-hetero) is 1. The van der Waals surface area contributed by atoms with Crippen molar-refractivity contribution in [2.24, 2.45) is 5.92 Å². The monoisotopic (exact) mass is 469 g/mol. The summed E-state index contributed by atoms with van der Waals surface area (Å²) in [5.74, 6) is -1.26. The largest absolute Gasteiger partial charge is 0.426 e. The van der Waals surface area contributed by atoms with E-state index >= 15 is 0 Å². The summed E-state index contributed by atoms with van der Waals surface area (Å²) in [7, 11) is 0. The van der Waals surface area contributed by atoms with Gasteiger partial charge in [0.1, 0.15) is 22.5 Å². The summed E-state index contributed by atoms with van der Waals surface area (Å²) in [5.41, 5.74) is -1.12. The maximum absolute atomic E-state index is 13.1. The van der Waals surface area contributed by atoms with Gasteiger partial charge in [0.15, 0.2) is 5.78 Å². The quantitative estimate of drug-likeness (QED) is 0.255. The van der Waals surface area contributed by atoms with Crippen LogP contribution in [-0.2, 0) is 11.3 Å². The Morgan fingerprint density at radius 1 is 1.06 bits per heavy atom. The topological polar surface area (TPSA) is 111 Å². The van der Waals surface area contributed by atoms with Crippen molar-refractivity contribution >= 4 is 22.7 Å². The molecule has 9 nitrogen and oxygen atoms in total. The summed E-state index contributed by atoms with van der Waals surface area (Å²) in [6.07, 6.45) is 1.20. The lowest BCUT2D eigenvalue weighted by molar-refractivity contribution is -0.131. The predicted molar refractivity (Wildman–Crippen MR) is 121 cm³/mol. The van der Waals surface area contributed by atoms with E-state index in [9.17, 15) is 28.8 Å². The Labute approximate surface area is 193 Å². The van der Waals surface area contributed by atoms with Gasteiger partial charge in [0, 0.05) is 31.5 Å². The number of likely N-dealkylation sites (tertiary alicyclic amines) is 1. The number of hydrogen-bond donors (Lipinski definition) is 1. The molecule has 34 heavy (non-hydrogen) atoms. The number of halogens is 1. The zero-order chi connectivity index (χ0) is 24.4. The second-order valence-corrected chi connectivity index (χ2v) is 8.28. The van der Waals surface area contributed by atoms with Gasteiger partial charge in [-0.3, -0.25) is 19.0 Å². The third-order valence-electron chi connectivity index (χ3n) is 6.08. The van der Waals surface area contributed by atoms with Crippen molar-refractivity contribution < 1.29 is 23.9 Å². The van der Waals surface area contributed by atoms with Crippen LogP contribution in [0.25, 0.3) is 10.9 Å². The molecular weight excluding hydrogens is 445 g/mol. The van der Waals surface area contributed by atoms with Crippen LogP contribution >= 0.6 is 0 Å². The normalized spacial score (nSPS) is 14.9. The van der Waals surface area contributed by atoms with Crippen LogP contribution in [0, 0.1) is 11.7 Å². The van der Waals surface area contributed by atoms with E-state index < -0.39 is 23.0 Å². The molecular formula is C24H24FN3O6. The molecule has 0 radical (unpaired) electrons. The second-order valence-electron chi connectivity index (χ2n) is 8.28. The molecule has 0 bridgehead atoms. The summed E-state index contributed by atoms with van der Waals surface area (Å²) in [6.45, 7) is 2.74. The number of carbonyl (C=O) groups excluding carboxylic acids is 2. The Kier molecular flexibility index (Phi) is 6.60. The molecule has 1 fully saturated rings. The van der Waals surface area contributed by atoms with Crippen molar-refractivity contribution in [2.45, 2.75) is 26.3 Å². The minimum Gasteiger partial charge on any atom is -0.426 e. The number of fused-ring (bicyclic) bond motifs is 1. The van der Waals surface area contributed by atoms with Crippen LogP contribution in [-0.4, -0.2) is 50.8 Å². The van der Waals surface area contributed by atoms with Crippen molar-refractivity contribution in [3.05, 3.63) is 74.7 Å². The van der Waals surface area contributed by atoms with Crippen LogP contribution in [0.15, 0.2) is 52.1 Å². The molecule has 1 aliphatic rings. The molecule has 178 valence electrons. The van der Waals surface area contributed by atoms with Crippen LogP contribution < -0.4 is 16.0 Å². The van der Waals surface area contributed by atoms with Crippen molar-refractivity contribution in [1.82, 2.24) is 14.2 Å². The molecule has 2 heterocycles. The Morgan fingerprint density at radius 2 is 1.74 bits per heavy atom. The number of benzene rings is 2. The standard InChI is InChI=1S/C24H24FN3O6/c1-15(29)34-20-4-2-3-19-21(20)23(31)27(24(32)28(19)33)14-13-26-11-9-17(10-12-26)22(30)16-5-7-18(25)8-6-16/h2-8,17,33H,9-14H2,1H3. The molecule has 1 aromatic heterocycles. The van der Waals surface area contributed by atoms with E-state index in [0.717, 1.165) is 4.57 Å². The lowest BCUT2D eigenvalue weighted by Crippen LogP contribution is -2.44. The molecule has 2 aromatic carbocycles. The third-order valence-corrected chi connectivity index (χ3v) is 6.08. The van der Waals surface area contributed by atoms with Crippen molar-refractivity contribution in [1.29, 1.82) is 0 Å². The Hall–Kier alpha value is -3.79. The number of esters is 1. The molecule has 10 heteroatoms. The van der Waals surface area contributed by atoms with Gasteiger partial charge in [0.25, 0.3) is 5.56 Å². The summed E-state index contributed by atoms with van der Waals surface area (Å²) in [5, 5.41) is 10.2. The minimum absolute atomic E-state index is 0.0130. The van der Waals surface area contributed by atoms with Crippen molar-refractivity contribution in [2.75, 3.05) is 19.6 Å². The first-order valence-electron chi connectivity index (χ1n) is 10.9. The molecule has 0 spiro atoms. The summed E-state index contributed by atoms with van der Waals surface area (Å²) >= 11 is 0. The number of rotatable bonds is 6. The maximum atomic E-state index is 13.1. The average Bonchev–Trinajstić information content (AvgIpc) is 2.82. The van der Waals surface area contributed by atoms with Gasteiger partial charge in [0.05, 0.1) is 0 Å². The molecule has 0 atom stereocenters.